The molecule has 0 spiro atoms. The Hall–Kier alpha value is -2.07. The van der Waals surface area contributed by atoms with E-state index in [2.05, 4.69) is 19.2 Å². The van der Waals surface area contributed by atoms with Crippen molar-refractivity contribution in [2.24, 2.45) is 0 Å². The van der Waals surface area contributed by atoms with Gasteiger partial charge in [-0.05, 0) is 37.0 Å². The molecule has 146 valence electrons. The number of nitrogens with zero attached hydrogens (tertiary/aromatic N) is 1. The summed E-state index contributed by atoms with van der Waals surface area (Å²) in [6.07, 6.45) is 3.70. The predicted octanol–water partition coefficient (Wildman–Crippen LogP) is 4.62. The Labute approximate surface area is 166 Å². The van der Waals surface area contributed by atoms with Crippen LogP contribution in [0.1, 0.15) is 66.3 Å². The van der Waals surface area contributed by atoms with Crippen LogP contribution in [0.25, 0.3) is 0 Å². The lowest BCUT2D eigenvalue weighted by Gasteiger charge is -2.19. The molecule has 1 atom stereocenters. The van der Waals surface area contributed by atoms with E-state index < -0.39 is 0 Å². The topological polar surface area (TPSA) is 51.1 Å². The first kappa shape index (κ1) is 21.2. The molecule has 0 saturated carbocycles. The van der Waals surface area contributed by atoms with E-state index in [0.29, 0.717) is 6.54 Å². The highest BCUT2D eigenvalue weighted by atomic mass is 35.5. The van der Waals surface area contributed by atoms with Gasteiger partial charge in [-0.25, -0.2) is 0 Å². The summed E-state index contributed by atoms with van der Waals surface area (Å²) in [5.41, 5.74) is 2.92. The van der Waals surface area contributed by atoms with Crippen LogP contribution in [-0.4, -0.2) is 16.4 Å². The molecule has 2 rings (SSSR count). The third-order valence-corrected chi connectivity index (χ3v) is 5.05. The molecule has 4 nitrogen and oxygen atoms in total. The molecular weight excluding hydrogens is 360 g/mol. The summed E-state index contributed by atoms with van der Waals surface area (Å²) >= 11 is 6.07. The van der Waals surface area contributed by atoms with Crippen LogP contribution in [0.4, 0.5) is 0 Å². The van der Waals surface area contributed by atoms with E-state index >= 15 is 0 Å². The van der Waals surface area contributed by atoms with Crippen molar-refractivity contribution >= 4 is 17.5 Å². The molecule has 0 aliphatic carbocycles. The third-order valence-electron chi connectivity index (χ3n) is 4.75. The lowest BCUT2D eigenvalue weighted by atomic mass is 10.1. The van der Waals surface area contributed by atoms with Crippen LogP contribution in [0.15, 0.2) is 41.2 Å². The minimum absolute atomic E-state index is 0.189. The summed E-state index contributed by atoms with van der Waals surface area (Å²) in [5, 5.41) is 2.92. The van der Waals surface area contributed by atoms with Crippen LogP contribution >= 0.6 is 11.6 Å². The number of unbranched alkanes of at least 4 members (excludes halogenated alkanes) is 1. The van der Waals surface area contributed by atoms with Crippen LogP contribution in [0.2, 0.25) is 0 Å². The summed E-state index contributed by atoms with van der Waals surface area (Å²) in [6.45, 7) is 6.81. The fourth-order valence-corrected chi connectivity index (χ4v) is 3.51. The third kappa shape index (κ3) is 5.23. The lowest BCUT2D eigenvalue weighted by Crippen LogP contribution is -2.37. The quantitative estimate of drug-likeness (QED) is 0.637. The number of halogens is 1. The Bertz CT molecular complexity index is 815. The van der Waals surface area contributed by atoms with Gasteiger partial charge in [0.05, 0.1) is 6.04 Å². The molecule has 27 heavy (non-hydrogen) atoms. The maximum atomic E-state index is 13.0. The average Bonchev–Trinajstić information content (AvgIpc) is 2.68. The number of alkyl halides is 1. The first-order valence-electron chi connectivity index (χ1n) is 9.68. The number of aryl methyl sites for hydroxylation is 1. The SMILES string of the molecule is CCCCn1c(CCC)c(C)cc(C(=O)N[C@H](CCl)c2ccccc2)c1=O. The van der Waals surface area contributed by atoms with E-state index in [1.54, 1.807) is 10.6 Å². The number of carbonyl (C=O) groups is 1. The van der Waals surface area contributed by atoms with Gasteiger partial charge in [0.2, 0.25) is 0 Å². The second-order valence-corrected chi connectivity index (χ2v) is 7.15. The van der Waals surface area contributed by atoms with Crippen LogP contribution in [0.5, 0.6) is 0 Å². The summed E-state index contributed by atoms with van der Waals surface area (Å²) in [6, 6.07) is 11.0. The normalized spacial score (nSPS) is 12.0. The van der Waals surface area contributed by atoms with Crippen LogP contribution in [0.3, 0.4) is 0 Å². The number of rotatable bonds is 9. The largest absolute Gasteiger partial charge is 0.344 e. The summed E-state index contributed by atoms with van der Waals surface area (Å²) in [5.74, 6) is -0.127. The Kier molecular flexibility index (Phi) is 8.11. The zero-order valence-corrected chi connectivity index (χ0v) is 17.2. The Morgan fingerprint density at radius 2 is 1.89 bits per heavy atom. The molecule has 1 heterocycles. The molecule has 0 radical (unpaired) electrons. The number of pyridine rings is 1. The second-order valence-electron chi connectivity index (χ2n) is 6.84. The number of amides is 1. The molecule has 0 aliphatic rings. The summed E-state index contributed by atoms with van der Waals surface area (Å²) in [4.78, 5) is 25.9. The van der Waals surface area contributed by atoms with Crippen molar-refractivity contribution < 1.29 is 4.79 Å². The number of nitrogens with one attached hydrogen (secondary N) is 1. The van der Waals surface area contributed by atoms with Crippen molar-refractivity contribution in [2.45, 2.75) is 59.0 Å². The molecule has 1 amide bonds. The molecule has 0 aliphatic heterocycles. The van der Waals surface area contributed by atoms with E-state index in [9.17, 15) is 9.59 Å². The zero-order valence-electron chi connectivity index (χ0n) is 16.4. The lowest BCUT2D eigenvalue weighted by molar-refractivity contribution is 0.0938. The van der Waals surface area contributed by atoms with Gasteiger partial charge in [-0.2, -0.15) is 0 Å². The smallest absolute Gasteiger partial charge is 0.263 e. The maximum Gasteiger partial charge on any atom is 0.263 e. The molecule has 0 saturated heterocycles. The van der Waals surface area contributed by atoms with Crippen molar-refractivity contribution in [3.05, 3.63) is 69.1 Å². The average molecular weight is 389 g/mol. The van der Waals surface area contributed by atoms with Gasteiger partial charge in [-0.15, -0.1) is 11.6 Å². The molecular formula is C22H29ClN2O2. The number of hydrogen-bond donors (Lipinski definition) is 1. The minimum Gasteiger partial charge on any atom is -0.344 e. The Morgan fingerprint density at radius 1 is 1.19 bits per heavy atom. The van der Waals surface area contributed by atoms with Gasteiger partial charge in [-0.3, -0.25) is 9.59 Å². The van der Waals surface area contributed by atoms with Gasteiger partial charge in [0.1, 0.15) is 5.56 Å². The number of aromatic nitrogens is 1. The fourth-order valence-electron chi connectivity index (χ4n) is 3.26. The van der Waals surface area contributed by atoms with Gasteiger partial charge in [0, 0.05) is 18.1 Å². The fraction of sp³-hybridized carbons (Fsp3) is 0.455. The summed E-state index contributed by atoms with van der Waals surface area (Å²) < 4.78 is 1.79. The zero-order chi connectivity index (χ0) is 19.8. The van der Waals surface area contributed by atoms with Crippen LogP contribution in [0, 0.1) is 6.92 Å². The molecule has 1 aromatic carbocycles. The maximum absolute atomic E-state index is 13.0. The molecule has 1 aromatic heterocycles. The number of hydrogen-bond acceptors (Lipinski definition) is 2. The van der Waals surface area contributed by atoms with Crippen molar-refractivity contribution in [2.75, 3.05) is 5.88 Å². The highest BCUT2D eigenvalue weighted by Crippen LogP contribution is 2.16. The van der Waals surface area contributed by atoms with Crippen molar-refractivity contribution in [1.82, 2.24) is 9.88 Å². The first-order valence-corrected chi connectivity index (χ1v) is 10.2. The Morgan fingerprint density at radius 3 is 2.48 bits per heavy atom. The van der Waals surface area contributed by atoms with Gasteiger partial charge in [0.25, 0.3) is 11.5 Å². The van der Waals surface area contributed by atoms with Crippen molar-refractivity contribution in [3.8, 4) is 0 Å². The minimum atomic E-state index is -0.370. The summed E-state index contributed by atoms with van der Waals surface area (Å²) in [7, 11) is 0. The van der Waals surface area contributed by atoms with Gasteiger partial charge >= 0.3 is 0 Å². The highest BCUT2D eigenvalue weighted by Gasteiger charge is 2.20. The van der Waals surface area contributed by atoms with E-state index in [4.69, 9.17) is 11.6 Å². The van der Waals surface area contributed by atoms with Crippen molar-refractivity contribution in [3.63, 3.8) is 0 Å². The van der Waals surface area contributed by atoms with Crippen LogP contribution < -0.4 is 10.9 Å². The van der Waals surface area contributed by atoms with E-state index in [-0.39, 0.29) is 29.0 Å². The molecule has 0 fully saturated rings. The number of carbonyl (C=O) groups excluding carboxylic acids is 1. The van der Waals surface area contributed by atoms with E-state index in [1.807, 2.05) is 37.3 Å². The number of benzene rings is 1. The monoisotopic (exact) mass is 388 g/mol. The van der Waals surface area contributed by atoms with E-state index in [1.165, 1.54) is 0 Å². The molecule has 5 heteroatoms. The first-order chi connectivity index (χ1) is 13.0. The molecule has 2 aromatic rings. The van der Waals surface area contributed by atoms with Crippen molar-refractivity contribution in [1.29, 1.82) is 0 Å². The van der Waals surface area contributed by atoms with Gasteiger partial charge < -0.3 is 9.88 Å². The highest BCUT2D eigenvalue weighted by molar-refractivity contribution is 6.18. The van der Waals surface area contributed by atoms with Gasteiger partial charge in [-0.1, -0.05) is 57.0 Å². The standard InChI is InChI=1S/C22H29ClN2O2/c1-4-6-13-25-20(10-5-2)16(3)14-18(22(25)27)21(26)24-19(15-23)17-11-8-7-9-12-17/h7-9,11-12,14,19H,4-6,10,13,15H2,1-3H3,(H,24,26)/t19-/m1/s1. The molecule has 0 unspecified atom stereocenters. The predicted molar refractivity (Wildman–Crippen MR) is 112 cm³/mol. The van der Waals surface area contributed by atoms with E-state index in [0.717, 1.165) is 42.5 Å². The molecule has 0 bridgehead atoms. The second kappa shape index (κ2) is 10.3. The van der Waals surface area contributed by atoms with Gasteiger partial charge in [0.15, 0.2) is 0 Å². The molecule has 1 N–H and O–H groups in total. The Balaban J connectivity index is 2.37. The van der Waals surface area contributed by atoms with Crippen LogP contribution in [-0.2, 0) is 13.0 Å².